The number of hydrogen-bond donors (Lipinski definition) is 1. The zero-order valence-electron chi connectivity index (χ0n) is 11.9. The molecule has 2 heterocycles. The van der Waals surface area contributed by atoms with E-state index >= 15 is 0 Å². The van der Waals surface area contributed by atoms with Crippen LogP contribution >= 0.6 is 11.6 Å². The van der Waals surface area contributed by atoms with Gasteiger partial charge in [-0.3, -0.25) is 4.90 Å². The van der Waals surface area contributed by atoms with Crippen LogP contribution in [0.4, 0.5) is 0 Å². The molecule has 0 radical (unpaired) electrons. The van der Waals surface area contributed by atoms with Gasteiger partial charge in [0.15, 0.2) is 5.82 Å². The van der Waals surface area contributed by atoms with Crippen LogP contribution in [-0.2, 0) is 6.42 Å². The lowest BCUT2D eigenvalue weighted by molar-refractivity contribution is 0.151. The van der Waals surface area contributed by atoms with Gasteiger partial charge < -0.3 is 9.63 Å². The minimum Gasteiger partial charge on any atom is -0.392 e. The van der Waals surface area contributed by atoms with E-state index in [9.17, 15) is 5.11 Å². The molecule has 21 heavy (non-hydrogen) atoms. The van der Waals surface area contributed by atoms with E-state index in [0.717, 1.165) is 18.5 Å². The Morgan fingerprint density at radius 1 is 1.43 bits per heavy atom. The topological polar surface area (TPSA) is 62.4 Å². The SMILES string of the molecule is C[C@H](c1nc(Cc2ccc(Cl)cc2)no1)N1CC[C@@H](O)C1. The van der Waals surface area contributed by atoms with Crippen molar-refractivity contribution < 1.29 is 9.63 Å². The van der Waals surface area contributed by atoms with E-state index in [4.69, 9.17) is 16.1 Å². The Hall–Kier alpha value is -1.43. The summed E-state index contributed by atoms with van der Waals surface area (Å²) < 4.78 is 5.36. The van der Waals surface area contributed by atoms with Gasteiger partial charge in [0.05, 0.1) is 12.1 Å². The zero-order valence-corrected chi connectivity index (χ0v) is 12.6. The third-order valence-corrected chi connectivity index (χ3v) is 4.11. The number of benzene rings is 1. The number of aliphatic hydroxyl groups is 1. The van der Waals surface area contributed by atoms with Gasteiger partial charge in [-0.15, -0.1) is 0 Å². The fraction of sp³-hybridized carbons (Fsp3) is 0.467. The predicted octanol–water partition coefficient (Wildman–Crippen LogP) is 2.44. The van der Waals surface area contributed by atoms with Gasteiger partial charge in [0.2, 0.25) is 5.89 Å². The summed E-state index contributed by atoms with van der Waals surface area (Å²) in [6.45, 7) is 3.55. The summed E-state index contributed by atoms with van der Waals surface area (Å²) >= 11 is 5.87. The molecule has 112 valence electrons. The van der Waals surface area contributed by atoms with E-state index in [0.29, 0.717) is 29.7 Å². The molecule has 3 rings (SSSR count). The lowest BCUT2D eigenvalue weighted by atomic mass is 10.1. The Labute approximate surface area is 128 Å². The summed E-state index contributed by atoms with van der Waals surface area (Å²) in [5, 5.41) is 14.4. The molecule has 0 saturated carbocycles. The zero-order chi connectivity index (χ0) is 14.8. The second kappa shape index (κ2) is 6.13. The minimum absolute atomic E-state index is 0.0358. The first-order valence-corrected chi connectivity index (χ1v) is 7.48. The van der Waals surface area contributed by atoms with Gasteiger partial charge in [0.1, 0.15) is 0 Å². The van der Waals surface area contributed by atoms with Crippen LogP contribution in [0, 0.1) is 0 Å². The van der Waals surface area contributed by atoms with Crippen molar-refractivity contribution in [3.05, 3.63) is 46.6 Å². The number of likely N-dealkylation sites (tertiary alicyclic amines) is 1. The summed E-state index contributed by atoms with van der Waals surface area (Å²) in [6, 6.07) is 7.66. The van der Waals surface area contributed by atoms with Crippen molar-refractivity contribution in [1.29, 1.82) is 0 Å². The highest BCUT2D eigenvalue weighted by molar-refractivity contribution is 6.30. The van der Waals surface area contributed by atoms with Crippen molar-refractivity contribution in [3.63, 3.8) is 0 Å². The molecule has 0 aliphatic carbocycles. The predicted molar refractivity (Wildman–Crippen MR) is 79.2 cm³/mol. The van der Waals surface area contributed by atoms with Crippen LogP contribution in [-0.4, -0.2) is 39.3 Å². The summed E-state index contributed by atoms with van der Waals surface area (Å²) in [6.07, 6.45) is 1.18. The maximum Gasteiger partial charge on any atom is 0.243 e. The molecule has 0 unspecified atom stereocenters. The Bertz CT molecular complexity index is 599. The summed E-state index contributed by atoms with van der Waals surface area (Å²) in [4.78, 5) is 6.62. The van der Waals surface area contributed by atoms with Gasteiger partial charge in [-0.2, -0.15) is 4.98 Å². The Balaban J connectivity index is 1.67. The molecule has 1 aliphatic rings. The first kappa shape index (κ1) is 14.5. The van der Waals surface area contributed by atoms with Gasteiger partial charge in [-0.25, -0.2) is 0 Å². The van der Waals surface area contributed by atoms with Crippen LogP contribution in [0.5, 0.6) is 0 Å². The van der Waals surface area contributed by atoms with Crippen molar-refractivity contribution in [2.45, 2.75) is 31.9 Å². The molecule has 1 aliphatic heterocycles. The Morgan fingerprint density at radius 3 is 2.86 bits per heavy atom. The average molecular weight is 308 g/mol. The van der Waals surface area contributed by atoms with Gasteiger partial charge >= 0.3 is 0 Å². The van der Waals surface area contributed by atoms with E-state index in [-0.39, 0.29) is 12.1 Å². The van der Waals surface area contributed by atoms with Crippen LogP contribution in [0.2, 0.25) is 5.02 Å². The highest BCUT2D eigenvalue weighted by Gasteiger charge is 2.28. The van der Waals surface area contributed by atoms with E-state index in [1.165, 1.54) is 0 Å². The third kappa shape index (κ3) is 3.43. The molecule has 0 spiro atoms. The van der Waals surface area contributed by atoms with Gasteiger partial charge in [-0.05, 0) is 31.0 Å². The van der Waals surface area contributed by atoms with Crippen molar-refractivity contribution >= 4 is 11.6 Å². The van der Waals surface area contributed by atoms with Gasteiger partial charge in [0.25, 0.3) is 0 Å². The molecule has 1 aromatic heterocycles. The first-order valence-electron chi connectivity index (χ1n) is 7.11. The number of nitrogens with zero attached hydrogens (tertiary/aromatic N) is 3. The number of hydrogen-bond acceptors (Lipinski definition) is 5. The number of rotatable bonds is 4. The second-order valence-electron chi connectivity index (χ2n) is 5.47. The van der Waals surface area contributed by atoms with E-state index in [1.54, 1.807) is 0 Å². The smallest absolute Gasteiger partial charge is 0.243 e. The lowest BCUT2D eigenvalue weighted by Gasteiger charge is -2.19. The van der Waals surface area contributed by atoms with Gasteiger partial charge in [0, 0.05) is 24.5 Å². The largest absolute Gasteiger partial charge is 0.392 e. The molecule has 6 heteroatoms. The Morgan fingerprint density at radius 2 is 2.19 bits per heavy atom. The molecule has 0 amide bonds. The van der Waals surface area contributed by atoms with Crippen molar-refractivity contribution in [2.75, 3.05) is 13.1 Å². The maximum atomic E-state index is 9.60. The molecular formula is C15H18ClN3O2. The van der Waals surface area contributed by atoms with Crippen LogP contribution < -0.4 is 0 Å². The van der Waals surface area contributed by atoms with E-state index in [1.807, 2.05) is 31.2 Å². The first-order chi connectivity index (χ1) is 10.1. The Kier molecular flexibility index (Phi) is 4.24. The summed E-state index contributed by atoms with van der Waals surface area (Å²) in [7, 11) is 0. The number of β-amino-alcohol motifs (C(OH)–C–C–N with tert-alkyl or cyclic N) is 1. The monoisotopic (exact) mass is 307 g/mol. The van der Waals surface area contributed by atoms with E-state index < -0.39 is 0 Å². The third-order valence-electron chi connectivity index (χ3n) is 3.86. The van der Waals surface area contributed by atoms with Crippen LogP contribution in [0.25, 0.3) is 0 Å². The van der Waals surface area contributed by atoms with Crippen LogP contribution in [0.3, 0.4) is 0 Å². The van der Waals surface area contributed by atoms with Crippen molar-refractivity contribution in [3.8, 4) is 0 Å². The van der Waals surface area contributed by atoms with Crippen molar-refractivity contribution in [2.24, 2.45) is 0 Å². The lowest BCUT2D eigenvalue weighted by Crippen LogP contribution is -2.25. The summed E-state index contributed by atoms with van der Waals surface area (Å²) in [5.41, 5.74) is 1.09. The van der Waals surface area contributed by atoms with E-state index in [2.05, 4.69) is 15.0 Å². The molecule has 0 bridgehead atoms. The molecule has 5 nitrogen and oxygen atoms in total. The minimum atomic E-state index is -0.246. The molecule has 2 aromatic rings. The fourth-order valence-electron chi connectivity index (χ4n) is 2.57. The standard InChI is InChI=1S/C15H18ClN3O2/c1-10(19-7-6-13(20)9-19)15-17-14(18-21-15)8-11-2-4-12(16)5-3-11/h2-5,10,13,20H,6-9H2,1H3/t10-,13-/m1/s1. The number of halogens is 1. The molecule has 1 saturated heterocycles. The molecule has 1 aromatic carbocycles. The van der Waals surface area contributed by atoms with Crippen LogP contribution in [0.1, 0.15) is 36.7 Å². The highest BCUT2D eigenvalue weighted by atomic mass is 35.5. The van der Waals surface area contributed by atoms with Gasteiger partial charge in [-0.1, -0.05) is 28.9 Å². The normalized spacial score (nSPS) is 20.8. The van der Waals surface area contributed by atoms with Crippen LogP contribution in [0.15, 0.2) is 28.8 Å². The molecule has 1 N–H and O–H groups in total. The maximum absolute atomic E-state index is 9.60. The number of aromatic nitrogens is 2. The molecular weight excluding hydrogens is 290 g/mol. The fourth-order valence-corrected chi connectivity index (χ4v) is 2.70. The quantitative estimate of drug-likeness (QED) is 0.940. The molecule has 2 atom stereocenters. The molecule has 1 fully saturated rings. The summed E-state index contributed by atoms with van der Waals surface area (Å²) in [5.74, 6) is 1.27. The average Bonchev–Trinajstić information content (AvgIpc) is 3.10. The second-order valence-corrected chi connectivity index (χ2v) is 5.90. The highest BCUT2D eigenvalue weighted by Crippen LogP contribution is 2.23. The van der Waals surface area contributed by atoms with Crippen molar-refractivity contribution in [1.82, 2.24) is 15.0 Å². The number of aliphatic hydroxyl groups excluding tert-OH is 1.